The molecule has 0 heterocycles. The van der Waals surface area contributed by atoms with Gasteiger partial charge in [0, 0.05) is 6.04 Å². The summed E-state index contributed by atoms with van der Waals surface area (Å²) in [5, 5.41) is 0. The summed E-state index contributed by atoms with van der Waals surface area (Å²) >= 11 is 0. The minimum atomic E-state index is 0.296. The van der Waals surface area contributed by atoms with E-state index in [9.17, 15) is 0 Å². The molecule has 0 saturated carbocycles. The second kappa shape index (κ2) is 4.36. The maximum Gasteiger partial charge on any atom is 0.0102 e. The summed E-state index contributed by atoms with van der Waals surface area (Å²) in [5.74, 6) is 0.568. The monoisotopic (exact) mass is 203 g/mol. The molecular formula is C14H21N. The molecule has 2 rings (SSSR count). The van der Waals surface area contributed by atoms with E-state index < -0.39 is 0 Å². The van der Waals surface area contributed by atoms with Crippen molar-refractivity contribution in [3.05, 3.63) is 34.9 Å². The molecular weight excluding hydrogens is 182 g/mol. The molecule has 0 radical (unpaired) electrons. The van der Waals surface area contributed by atoms with Crippen molar-refractivity contribution >= 4 is 0 Å². The van der Waals surface area contributed by atoms with Gasteiger partial charge in [-0.1, -0.05) is 32.0 Å². The number of benzene rings is 1. The molecule has 1 heteroatoms. The second-order valence-electron chi connectivity index (χ2n) is 5.07. The number of rotatable bonds is 3. The molecule has 0 bridgehead atoms. The van der Waals surface area contributed by atoms with Crippen molar-refractivity contribution in [2.45, 2.75) is 45.6 Å². The highest BCUT2D eigenvalue weighted by molar-refractivity contribution is 5.35. The van der Waals surface area contributed by atoms with Gasteiger partial charge in [-0.3, -0.25) is 0 Å². The third kappa shape index (κ3) is 2.40. The topological polar surface area (TPSA) is 26.0 Å². The highest BCUT2D eigenvalue weighted by atomic mass is 14.6. The quantitative estimate of drug-likeness (QED) is 0.803. The summed E-state index contributed by atoms with van der Waals surface area (Å²) in [5.41, 5.74) is 10.6. The van der Waals surface area contributed by atoms with Crippen LogP contribution in [0.15, 0.2) is 18.2 Å². The normalized spacial score (nSPS) is 16.8. The first kappa shape index (κ1) is 10.7. The van der Waals surface area contributed by atoms with Gasteiger partial charge in [-0.15, -0.1) is 0 Å². The zero-order valence-corrected chi connectivity index (χ0v) is 9.79. The van der Waals surface area contributed by atoms with E-state index in [0.29, 0.717) is 12.0 Å². The molecule has 0 aromatic heterocycles. The zero-order valence-electron chi connectivity index (χ0n) is 9.79. The van der Waals surface area contributed by atoms with Gasteiger partial charge >= 0.3 is 0 Å². The zero-order chi connectivity index (χ0) is 10.8. The lowest BCUT2D eigenvalue weighted by molar-refractivity contribution is 0.490. The Morgan fingerprint density at radius 1 is 1.20 bits per heavy atom. The molecule has 0 amide bonds. The fourth-order valence-electron chi connectivity index (χ4n) is 2.26. The van der Waals surface area contributed by atoms with Crippen LogP contribution in [0.25, 0.3) is 0 Å². The Kier molecular flexibility index (Phi) is 3.11. The van der Waals surface area contributed by atoms with Crippen molar-refractivity contribution < 1.29 is 0 Å². The first-order chi connectivity index (χ1) is 7.16. The molecule has 1 aromatic rings. The van der Waals surface area contributed by atoms with E-state index in [2.05, 4.69) is 32.0 Å². The Labute approximate surface area is 92.7 Å². The Hall–Kier alpha value is -0.820. The van der Waals surface area contributed by atoms with Crippen LogP contribution in [-0.2, 0) is 19.3 Å². The standard InChI is InChI=1S/C14H21N/c1-10(2)14(15)9-11-6-7-12-4-3-5-13(12)8-11/h6-8,10,14H,3-5,9,15H2,1-2H3. The van der Waals surface area contributed by atoms with Crippen LogP contribution in [0.3, 0.4) is 0 Å². The lowest BCUT2D eigenvalue weighted by Gasteiger charge is -2.16. The minimum Gasteiger partial charge on any atom is -0.327 e. The van der Waals surface area contributed by atoms with Crippen LogP contribution < -0.4 is 5.73 Å². The molecule has 1 aromatic carbocycles. The van der Waals surface area contributed by atoms with Crippen LogP contribution in [-0.4, -0.2) is 6.04 Å². The first-order valence-corrected chi connectivity index (χ1v) is 6.03. The third-order valence-electron chi connectivity index (χ3n) is 3.49. The molecule has 1 aliphatic rings. The van der Waals surface area contributed by atoms with Gasteiger partial charge in [0.2, 0.25) is 0 Å². The Morgan fingerprint density at radius 3 is 2.67 bits per heavy atom. The Balaban J connectivity index is 2.10. The van der Waals surface area contributed by atoms with Crippen molar-refractivity contribution in [2.75, 3.05) is 0 Å². The van der Waals surface area contributed by atoms with E-state index in [4.69, 9.17) is 5.73 Å². The molecule has 1 unspecified atom stereocenters. The molecule has 0 spiro atoms. The maximum absolute atomic E-state index is 6.09. The smallest absolute Gasteiger partial charge is 0.0102 e. The summed E-state index contributed by atoms with van der Waals surface area (Å²) in [7, 11) is 0. The van der Waals surface area contributed by atoms with E-state index in [1.807, 2.05) is 0 Å². The second-order valence-corrected chi connectivity index (χ2v) is 5.07. The highest BCUT2D eigenvalue weighted by Crippen LogP contribution is 2.23. The van der Waals surface area contributed by atoms with Gasteiger partial charge in [-0.2, -0.15) is 0 Å². The summed E-state index contributed by atoms with van der Waals surface area (Å²) in [6.07, 6.45) is 4.88. The molecule has 2 N–H and O–H groups in total. The average Bonchev–Trinajstić information content (AvgIpc) is 2.64. The molecule has 1 atom stereocenters. The predicted molar refractivity (Wildman–Crippen MR) is 65.0 cm³/mol. The van der Waals surface area contributed by atoms with E-state index in [1.54, 1.807) is 11.1 Å². The number of aryl methyl sites for hydroxylation is 2. The van der Waals surface area contributed by atoms with Crippen LogP contribution in [0, 0.1) is 5.92 Å². The summed E-state index contributed by atoms with van der Waals surface area (Å²) in [6, 6.07) is 7.21. The number of hydrogen-bond donors (Lipinski definition) is 1. The van der Waals surface area contributed by atoms with Gasteiger partial charge in [0.25, 0.3) is 0 Å². The van der Waals surface area contributed by atoms with E-state index in [1.165, 1.54) is 24.8 Å². The first-order valence-electron chi connectivity index (χ1n) is 6.03. The van der Waals surface area contributed by atoms with Crippen molar-refractivity contribution in [3.63, 3.8) is 0 Å². The molecule has 1 aliphatic carbocycles. The van der Waals surface area contributed by atoms with E-state index in [-0.39, 0.29) is 0 Å². The van der Waals surface area contributed by atoms with Crippen LogP contribution in [0.4, 0.5) is 0 Å². The van der Waals surface area contributed by atoms with Gasteiger partial charge in [0.1, 0.15) is 0 Å². The third-order valence-corrected chi connectivity index (χ3v) is 3.49. The number of nitrogens with two attached hydrogens (primary N) is 1. The lowest BCUT2D eigenvalue weighted by atomic mass is 9.95. The molecule has 0 fully saturated rings. The number of hydrogen-bond acceptors (Lipinski definition) is 1. The Morgan fingerprint density at radius 2 is 1.93 bits per heavy atom. The largest absolute Gasteiger partial charge is 0.327 e. The van der Waals surface area contributed by atoms with Crippen LogP contribution in [0.2, 0.25) is 0 Å². The van der Waals surface area contributed by atoms with Crippen molar-refractivity contribution in [1.82, 2.24) is 0 Å². The van der Waals surface area contributed by atoms with Gasteiger partial charge in [0.05, 0.1) is 0 Å². The van der Waals surface area contributed by atoms with Crippen molar-refractivity contribution in [2.24, 2.45) is 11.7 Å². The van der Waals surface area contributed by atoms with E-state index in [0.717, 1.165) is 6.42 Å². The van der Waals surface area contributed by atoms with Crippen molar-refractivity contribution in [1.29, 1.82) is 0 Å². The fraction of sp³-hybridized carbons (Fsp3) is 0.571. The van der Waals surface area contributed by atoms with E-state index >= 15 is 0 Å². The van der Waals surface area contributed by atoms with Gasteiger partial charge in [-0.05, 0) is 48.3 Å². The average molecular weight is 203 g/mol. The Bertz CT molecular complexity index is 341. The SMILES string of the molecule is CC(C)C(N)Cc1ccc2c(c1)CCC2. The molecule has 0 saturated heterocycles. The summed E-state index contributed by atoms with van der Waals surface area (Å²) in [6.45, 7) is 4.38. The molecule has 1 nitrogen and oxygen atoms in total. The molecule has 0 aliphatic heterocycles. The number of fused-ring (bicyclic) bond motifs is 1. The lowest BCUT2D eigenvalue weighted by Crippen LogP contribution is -2.28. The summed E-state index contributed by atoms with van der Waals surface area (Å²) < 4.78 is 0. The van der Waals surface area contributed by atoms with Crippen LogP contribution >= 0.6 is 0 Å². The molecule has 82 valence electrons. The predicted octanol–water partition coefficient (Wildman–Crippen LogP) is 2.70. The summed E-state index contributed by atoms with van der Waals surface area (Å²) in [4.78, 5) is 0. The minimum absolute atomic E-state index is 0.296. The van der Waals surface area contributed by atoms with Crippen LogP contribution in [0.1, 0.15) is 37.0 Å². The van der Waals surface area contributed by atoms with Gasteiger partial charge < -0.3 is 5.73 Å². The molecule has 15 heavy (non-hydrogen) atoms. The maximum atomic E-state index is 6.09. The van der Waals surface area contributed by atoms with Crippen molar-refractivity contribution in [3.8, 4) is 0 Å². The highest BCUT2D eigenvalue weighted by Gasteiger charge is 2.13. The fourth-order valence-corrected chi connectivity index (χ4v) is 2.26. The van der Waals surface area contributed by atoms with Gasteiger partial charge in [0.15, 0.2) is 0 Å². The van der Waals surface area contributed by atoms with Crippen LogP contribution in [0.5, 0.6) is 0 Å². The van der Waals surface area contributed by atoms with Gasteiger partial charge in [-0.25, -0.2) is 0 Å².